The Morgan fingerprint density at radius 2 is 1.82 bits per heavy atom. The smallest absolute Gasteiger partial charge is 0.259 e. The highest BCUT2D eigenvalue weighted by Crippen LogP contribution is 2.34. The summed E-state index contributed by atoms with van der Waals surface area (Å²) in [4.78, 5) is 27.6. The van der Waals surface area contributed by atoms with Gasteiger partial charge in [0.1, 0.15) is 16.1 Å². The lowest BCUT2D eigenvalue weighted by Gasteiger charge is -2.13. The summed E-state index contributed by atoms with van der Waals surface area (Å²) in [6.45, 7) is 3.72. The van der Waals surface area contributed by atoms with Crippen molar-refractivity contribution in [3.05, 3.63) is 88.7 Å². The van der Waals surface area contributed by atoms with Gasteiger partial charge in [-0.1, -0.05) is 17.4 Å². The molecular weight excluding hydrogens is 496 g/mol. The lowest BCUT2D eigenvalue weighted by Crippen LogP contribution is -2.14. The fraction of sp³-hybridized carbons (Fsp3) is 0.103. The van der Waals surface area contributed by atoms with Gasteiger partial charge in [-0.25, -0.2) is 9.97 Å². The quantitative estimate of drug-likeness (QED) is 0.302. The number of anilines is 1. The van der Waals surface area contributed by atoms with Crippen molar-refractivity contribution in [3.8, 4) is 40.3 Å². The highest BCUT2D eigenvalue weighted by Gasteiger charge is 2.19. The van der Waals surface area contributed by atoms with E-state index in [4.69, 9.17) is 9.72 Å². The number of hydrogen-bond donors (Lipinski definition) is 1. The minimum Gasteiger partial charge on any atom is -0.496 e. The largest absolute Gasteiger partial charge is 0.496 e. The summed E-state index contributed by atoms with van der Waals surface area (Å²) in [5, 5.41) is 21.9. The Balaban J connectivity index is 1.48. The van der Waals surface area contributed by atoms with Gasteiger partial charge in [-0.05, 0) is 67.9 Å². The number of fused-ring (bicyclic) bond motifs is 1. The second-order valence-electron chi connectivity index (χ2n) is 8.53. The van der Waals surface area contributed by atoms with E-state index < -0.39 is 0 Å². The fourth-order valence-corrected chi connectivity index (χ4v) is 4.93. The number of aromatic nitrogens is 3. The van der Waals surface area contributed by atoms with Crippen molar-refractivity contribution >= 4 is 32.7 Å². The maximum absolute atomic E-state index is 13.4. The number of carbonyl (C=O) groups is 1. The summed E-state index contributed by atoms with van der Waals surface area (Å²) in [5.74, 6) is 0.150. The molecule has 3 aromatic heterocycles. The first-order chi connectivity index (χ1) is 18.4. The number of nitrogens with zero attached hydrogens (tertiary/aromatic N) is 5. The van der Waals surface area contributed by atoms with Crippen LogP contribution in [0.4, 0.5) is 5.13 Å². The maximum atomic E-state index is 13.4. The second kappa shape index (κ2) is 10.1. The third-order valence-corrected chi connectivity index (χ3v) is 6.90. The molecule has 2 aromatic carbocycles. The summed E-state index contributed by atoms with van der Waals surface area (Å²) in [7, 11) is 1.54. The van der Waals surface area contributed by atoms with Gasteiger partial charge in [0.2, 0.25) is 0 Å². The van der Waals surface area contributed by atoms with Crippen LogP contribution in [0.1, 0.15) is 32.7 Å². The average molecular weight is 517 g/mol. The van der Waals surface area contributed by atoms with Crippen LogP contribution in [0.25, 0.3) is 32.7 Å². The Kier molecular flexibility index (Phi) is 6.53. The number of aryl methyl sites for hydroxylation is 2. The van der Waals surface area contributed by atoms with Crippen molar-refractivity contribution in [2.24, 2.45) is 0 Å². The standard InChI is InChI=1S/C29H20N6O2S/c1-16-10-19(5-6-20(16)14-31)24-7-8-25-28(33-24)38-29(34-25)35-27(36)23-15-32-17(2)11-21(23)22-12-18(13-30)4-9-26(22)37-3/h4-12,15H,1-3H3,(H,34,35,36). The molecule has 0 saturated heterocycles. The number of hydrogen-bond acceptors (Lipinski definition) is 8. The van der Waals surface area contributed by atoms with Crippen LogP contribution < -0.4 is 10.1 Å². The predicted molar refractivity (Wildman–Crippen MR) is 146 cm³/mol. The average Bonchev–Trinajstić information content (AvgIpc) is 3.33. The molecule has 5 rings (SSSR count). The van der Waals surface area contributed by atoms with E-state index in [2.05, 4.69) is 27.4 Å². The van der Waals surface area contributed by atoms with Crippen LogP contribution in [-0.2, 0) is 0 Å². The highest BCUT2D eigenvalue weighted by molar-refractivity contribution is 7.22. The van der Waals surface area contributed by atoms with E-state index in [9.17, 15) is 15.3 Å². The van der Waals surface area contributed by atoms with Gasteiger partial charge in [-0.2, -0.15) is 10.5 Å². The molecule has 0 unspecified atom stereocenters. The van der Waals surface area contributed by atoms with E-state index in [-0.39, 0.29) is 5.91 Å². The molecule has 0 radical (unpaired) electrons. The SMILES string of the molecule is COc1ccc(C#N)cc1-c1cc(C)ncc1C(=O)Nc1nc2ccc(-c3ccc(C#N)c(C)c3)nc2s1. The van der Waals surface area contributed by atoms with Crippen LogP contribution >= 0.6 is 11.3 Å². The summed E-state index contributed by atoms with van der Waals surface area (Å²) in [6, 6.07) is 20.5. The number of rotatable bonds is 5. The minimum atomic E-state index is -0.390. The molecule has 184 valence electrons. The molecule has 0 aliphatic rings. The van der Waals surface area contributed by atoms with Crippen molar-refractivity contribution in [1.29, 1.82) is 10.5 Å². The molecule has 1 amide bonds. The molecule has 0 spiro atoms. The molecule has 0 fully saturated rings. The predicted octanol–water partition coefficient (Wildman–Crippen LogP) is 6.04. The Bertz CT molecular complexity index is 1810. The van der Waals surface area contributed by atoms with Gasteiger partial charge in [0.25, 0.3) is 5.91 Å². The third-order valence-electron chi connectivity index (χ3n) is 6.02. The third kappa shape index (κ3) is 4.66. The van der Waals surface area contributed by atoms with Crippen molar-refractivity contribution in [2.75, 3.05) is 12.4 Å². The van der Waals surface area contributed by atoms with Crippen molar-refractivity contribution < 1.29 is 9.53 Å². The molecular formula is C29H20N6O2S. The Morgan fingerprint density at radius 1 is 0.974 bits per heavy atom. The molecule has 0 bridgehead atoms. The lowest BCUT2D eigenvalue weighted by atomic mass is 9.97. The van der Waals surface area contributed by atoms with Gasteiger partial charge in [0.05, 0.1) is 41.6 Å². The molecule has 8 nitrogen and oxygen atoms in total. The van der Waals surface area contributed by atoms with E-state index in [1.54, 1.807) is 37.4 Å². The van der Waals surface area contributed by atoms with Crippen LogP contribution in [0.3, 0.4) is 0 Å². The minimum absolute atomic E-state index is 0.324. The topological polar surface area (TPSA) is 125 Å². The first kappa shape index (κ1) is 24.6. The second-order valence-corrected chi connectivity index (χ2v) is 9.51. The number of ether oxygens (including phenoxy) is 1. The number of amides is 1. The van der Waals surface area contributed by atoms with Crippen LogP contribution in [-0.4, -0.2) is 28.0 Å². The molecule has 0 aliphatic heterocycles. The summed E-state index contributed by atoms with van der Waals surface area (Å²) in [5.41, 5.74) is 6.52. The van der Waals surface area contributed by atoms with E-state index >= 15 is 0 Å². The van der Waals surface area contributed by atoms with E-state index in [0.29, 0.717) is 49.0 Å². The number of benzene rings is 2. The van der Waals surface area contributed by atoms with Crippen LogP contribution in [0.5, 0.6) is 5.75 Å². The van der Waals surface area contributed by atoms with Crippen LogP contribution in [0, 0.1) is 36.5 Å². The van der Waals surface area contributed by atoms with Gasteiger partial charge in [-0.15, -0.1) is 0 Å². The van der Waals surface area contributed by atoms with Gasteiger partial charge >= 0.3 is 0 Å². The molecule has 0 saturated carbocycles. The molecule has 3 heterocycles. The summed E-state index contributed by atoms with van der Waals surface area (Å²) in [6.07, 6.45) is 1.51. The van der Waals surface area contributed by atoms with Crippen LogP contribution in [0.15, 0.2) is 60.8 Å². The van der Waals surface area contributed by atoms with Crippen LogP contribution in [0.2, 0.25) is 0 Å². The Morgan fingerprint density at radius 3 is 2.55 bits per heavy atom. The van der Waals surface area contributed by atoms with E-state index in [1.807, 2.05) is 38.1 Å². The summed E-state index contributed by atoms with van der Waals surface area (Å²) < 4.78 is 5.50. The van der Waals surface area contributed by atoms with Gasteiger partial charge in [0.15, 0.2) is 5.13 Å². The zero-order chi connectivity index (χ0) is 26.8. The van der Waals surface area contributed by atoms with Crippen molar-refractivity contribution in [1.82, 2.24) is 15.0 Å². The molecule has 0 aliphatic carbocycles. The Labute approximate surface area is 222 Å². The maximum Gasteiger partial charge on any atom is 0.259 e. The lowest BCUT2D eigenvalue weighted by molar-refractivity contribution is 0.102. The zero-order valence-electron chi connectivity index (χ0n) is 20.7. The first-order valence-corrected chi connectivity index (χ1v) is 12.4. The number of carbonyl (C=O) groups excluding carboxylic acids is 1. The van der Waals surface area contributed by atoms with Gasteiger partial charge in [0, 0.05) is 28.6 Å². The highest BCUT2D eigenvalue weighted by atomic mass is 32.1. The van der Waals surface area contributed by atoms with E-state index in [1.165, 1.54) is 17.5 Å². The fourth-order valence-electron chi connectivity index (χ4n) is 4.10. The Hall–Kier alpha value is -5.12. The number of nitrogens with one attached hydrogen (secondary N) is 1. The molecule has 38 heavy (non-hydrogen) atoms. The van der Waals surface area contributed by atoms with Gasteiger partial charge < -0.3 is 4.74 Å². The van der Waals surface area contributed by atoms with Gasteiger partial charge in [-0.3, -0.25) is 15.1 Å². The van der Waals surface area contributed by atoms with Crippen molar-refractivity contribution in [2.45, 2.75) is 13.8 Å². The van der Waals surface area contributed by atoms with E-state index in [0.717, 1.165) is 22.5 Å². The number of methoxy groups -OCH3 is 1. The monoisotopic (exact) mass is 516 g/mol. The molecule has 0 atom stereocenters. The van der Waals surface area contributed by atoms with Crippen molar-refractivity contribution in [3.63, 3.8) is 0 Å². The zero-order valence-corrected chi connectivity index (χ0v) is 21.6. The first-order valence-electron chi connectivity index (χ1n) is 11.6. The number of thiazole rings is 1. The molecule has 9 heteroatoms. The number of nitriles is 2. The number of pyridine rings is 2. The molecule has 1 N–H and O–H groups in total. The summed E-state index contributed by atoms with van der Waals surface area (Å²) >= 11 is 1.26. The molecule has 5 aromatic rings. The normalized spacial score (nSPS) is 10.6.